The number of hydrogen-bond acceptors (Lipinski definition) is 2. The smallest absolute Gasteiger partial charge is 0.221 e. The molecule has 0 atom stereocenters. The third-order valence-corrected chi connectivity index (χ3v) is 2.20. The molecule has 0 aliphatic rings. The lowest BCUT2D eigenvalue weighted by Gasteiger charge is -2.03. The maximum Gasteiger partial charge on any atom is 0.221 e. The number of imidazole rings is 1. The lowest BCUT2D eigenvalue weighted by atomic mass is 10.1. The van der Waals surface area contributed by atoms with E-state index in [1.165, 1.54) is 6.92 Å². The Morgan fingerprint density at radius 3 is 2.88 bits per heavy atom. The molecule has 4 nitrogen and oxygen atoms in total. The molecule has 1 aromatic heterocycles. The molecule has 0 aliphatic carbocycles. The SMILES string of the molecule is CC(=O)Nc1cccc(-c2cnc(C)[nH]2)c1. The largest absolute Gasteiger partial charge is 0.342 e. The molecule has 0 saturated heterocycles. The minimum atomic E-state index is -0.0714. The minimum Gasteiger partial charge on any atom is -0.342 e. The van der Waals surface area contributed by atoms with Gasteiger partial charge in [0.25, 0.3) is 0 Å². The quantitative estimate of drug-likeness (QED) is 0.807. The van der Waals surface area contributed by atoms with Gasteiger partial charge in [0.1, 0.15) is 5.82 Å². The highest BCUT2D eigenvalue weighted by molar-refractivity contribution is 5.89. The van der Waals surface area contributed by atoms with Gasteiger partial charge in [-0.2, -0.15) is 0 Å². The fraction of sp³-hybridized carbons (Fsp3) is 0.167. The Kier molecular flexibility index (Phi) is 2.72. The van der Waals surface area contributed by atoms with Gasteiger partial charge in [0.15, 0.2) is 0 Å². The van der Waals surface area contributed by atoms with Crippen LogP contribution < -0.4 is 5.32 Å². The number of nitrogens with zero attached hydrogens (tertiary/aromatic N) is 1. The third-order valence-electron chi connectivity index (χ3n) is 2.20. The van der Waals surface area contributed by atoms with Crippen LogP contribution in [0.1, 0.15) is 12.7 Å². The number of aryl methyl sites for hydroxylation is 1. The first-order valence-electron chi connectivity index (χ1n) is 5.05. The van der Waals surface area contributed by atoms with Gasteiger partial charge in [0.05, 0.1) is 11.9 Å². The van der Waals surface area contributed by atoms with E-state index < -0.39 is 0 Å². The van der Waals surface area contributed by atoms with E-state index in [0.29, 0.717) is 0 Å². The highest BCUT2D eigenvalue weighted by atomic mass is 16.1. The van der Waals surface area contributed by atoms with Gasteiger partial charge < -0.3 is 10.3 Å². The van der Waals surface area contributed by atoms with E-state index in [0.717, 1.165) is 22.8 Å². The molecule has 2 rings (SSSR count). The standard InChI is InChI=1S/C12H13N3O/c1-8-13-7-12(14-8)10-4-3-5-11(6-10)15-9(2)16/h3-7H,1-2H3,(H,13,14)(H,15,16). The van der Waals surface area contributed by atoms with Gasteiger partial charge >= 0.3 is 0 Å². The Labute approximate surface area is 93.7 Å². The van der Waals surface area contributed by atoms with Gasteiger partial charge in [-0.05, 0) is 19.1 Å². The first-order chi connectivity index (χ1) is 7.65. The molecule has 2 aromatic rings. The summed E-state index contributed by atoms with van der Waals surface area (Å²) in [5.41, 5.74) is 2.74. The van der Waals surface area contributed by atoms with E-state index in [-0.39, 0.29) is 5.91 Å². The molecule has 82 valence electrons. The molecular weight excluding hydrogens is 202 g/mol. The van der Waals surface area contributed by atoms with Gasteiger partial charge in [-0.15, -0.1) is 0 Å². The molecule has 0 fully saturated rings. The summed E-state index contributed by atoms with van der Waals surface area (Å²) in [6.45, 7) is 3.40. The zero-order chi connectivity index (χ0) is 11.5. The zero-order valence-corrected chi connectivity index (χ0v) is 9.24. The number of rotatable bonds is 2. The first-order valence-corrected chi connectivity index (χ1v) is 5.05. The molecule has 0 saturated carbocycles. The highest BCUT2D eigenvalue weighted by Crippen LogP contribution is 2.20. The molecule has 0 bridgehead atoms. The van der Waals surface area contributed by atoms with E-state index in [9.17, 15) is 4.79 Å². The number of carbonyl (C=O) groups excluding carboxylic acids is 1. The van der Waals surface area contributed by atoms with Crippen molar-refractivity contribution in [2.45, 2.75) is 13.8 Å². The molecule has 0 spiro atoms. The Morgan fingerprint density at radius 1 is 1.44 bits per heavy atom. The molecule has 16 heavy (non-hydrogen) atoms. The molecular formula is C12H13N3O. The van der Waals surface area contributed by atoms with Gasteiger partial charge in [0.2, 0.25) is 5.91 Å². The van der Waals surface area contributed by atoms with Crippen molar-refractivity contribution in [3.8, 4) is 11.3 Å². The van der Waals surface area contributed by atoms with Crippen LogP contribution in [-0.2, 0) is 4.79 Å². The Balaban J connectivity index is 2.32. The number of amides is 1. The van der Waals surface area contributed by atoms with Gasteiger partial charge in [-0.3, -0.25) is 4.79 Å². The van der Waals surface area contributed by atoms with Crippen LogP contribution in [0.5, 0.6) is 0 Å². The van der Waals surface area contributed by atoms with Crippen molar-refractivity contribution in [2.24, 2.45) is 0 Å². The summed E-state index contributed by atoms with van der Waals surface area (Å²) >= 11 is 0. The van der Waals surface area contributed by atoms with Gasteiger partial charge in [-0.1, -0.05) is 12.1 Å². The van der Waals surface area contributed by atoms with Crippen molar-refractivity contribution in [1.29, 1.82) is 0 Å². The van der Waals surface area contributed by atoms with Crippen LogP contribution in [0.2, 0.25) is 0 Å². The van der Waals surface area contributed by atoms with E-state index in [1.54, 1.807) is 6.20 Å². The van der Waals surface area contributed by atoms with Crippen LogP contribution in [0.4, 0.5) is 5.69 Å². The maximum atomic E-state index is 10.9. The fourth-order valence-corrected chi connectivity index (χ4v) is 1.54. The second kappa shape index (κ2) is 4.18. The topological polar surface area (TPSA) is 57.8 Å². The number of carbonyl (C=O) groups is 1. The normalized spacial score (nSPS) is 10.1. The van der Waals surface area contributed by atoms with Crippen molar-refractivity contribution in [3.63, 3.8) is 0 Å². The second-order valence-corrected chi connectivity index (χ2v) is 3.64. The number of benzene rings is 1. The summed E-state index contributed by atoms with van der Waals surface area (Å²) in [7, 11) is 0. The van der Waals surface area contributed by atoms with Crippen molar-refractivity contribution >= 4 is 11.6 Å². The van der Waals surface area contributed by atoms with E-state index in [2.05, 4.69) is 15.3 Å². The summed E-state index contributed by atoms with van der Waals surface area (Å²) in [6, 6.07) is 7.64. The molecule has 0 radical (unpaired) electrons. The van der Waals surface area contributed by atoms with Crippen LogP contribution in [-0.4, -0.2) is 15.9 Å². The second-order valence-electron chi connectivity index (χ2n) is 3.64. The average molecular weight is 215 g/mol. The maximum absolute atomic E-state index is 10.9. The molecule has 1 aromatic carbocycles. The van der Waals surface area contributed by atoms with Crippen molar-refractivity contribution in [3.05, 3.63) is 36.3 Å². The molecule has 1 amide bonds. The lowest BCUT2D eigenvalue weighted by molar-refractivity contribution is -0.114. The Hall–Kier alpha value is -2.10. The number of H-pyrrole nitrogens is 1. The number of aromatic amines is 1. The van der Waals surface area contributed by atoms with Crippen molar-refractivity contribution < 1.29 is 4.79 Å². The summed E-state index contributed by atoms with van der Waals surface area (Å²) in [5.74, 6) is 0.804. The van der Waals surface area contributed by atoms with Crippen LogP contribution in [0.25, 0.3) is 11.3 Å². The summed E-state index contributed by atoms with van der Waals surface area (Å²) in [5, 5.41) is 2.75. The summed E-state index contributed by atoms with van der Waals surface area (Å²) in [6.07, 6.45) is 1.78. The number of anilines is 1. The summed E-state index contributed by atoms with van der Waals surface area (Å²) < 4.78 is 0. The number of aromatic nitrogens is 2. The van der Waals surface area contributed by atoms with E-state index >= 15 is 0 Å². The van der Waals surface area contributed by atoms with E-state index in [4.69, 9.17) is 0 Å². The fourth-order valence-electron chi connectivity index (χ4n) is 1.54. The molecule has 0 unspecified atom stereocenters. The van der Waals surface area contributed by atoms with Gasteiger partial charge in [-0.25, -0.2) is 4.98 Å². The number of hydrogen-bond donors (Lipinski definition) is 2. The van der Waals surface area contributed by atoms with Crippen LogP contribution in [0.15, 0.2) is 30.5 Å². The molecule has 0 aliphatic heterocycles. The molecule has 4 heteroatoms. The monoisotopic (exact) mass is 215 g/mol. The number of nitrogens with one attached hydrogen (secondary N) is 2. The van der Waals surface area contributed by atoms with Crippen molar-refractivity contribution in [2.75, 3.05) is 5.32 Å². The summed E-state index contributed by atoms with van der Waals surface area (Å²) in [4.78, 5) is 18.2. The predicted octanol–water partition coefficient (Wildman–Crippen LogP) is 2.34. The van der Waals surface area contributed by atoms with Crippen LogP contribution >= 0.6 is 0 Å². The van der Waals surface area contributed by atoms with Crippen LogP contribution in [0, 0.1) is 6.92 Å². The third kappa shape index (κ3) is 2.28. The minimum absolute atomic E-state index is 0.0714. The lowest BCUT2D eigenvalue weighted by Crippen LogP contribution is -2.05. The predicted molar refractivity (Wildman–Crippen MR) is 63.1 cm³/mol. The Morgan fingerprint density at radius 2 is 2.25 bits per heavy atom. The van der Waals surface area contributed by atoms with Gasteiger partial charge in [0, 0.05) is 18.2 Å². The van der Waals surface area contributed by atoms with E-state index in [1.807, 2.05) is 31.2 Å². The van der Waals surface area contributed by atoms with Crippen LogP contribution in [0.3, 0.4) is 0 Å². The zero-order valence-electron chi connectivity index (χ0n) is 9.24. The average Bonchev–Trinajstić information content (AvgIpc) is 2.64. The molecule has 1 heterocycles. The Bertz CT molecular complexity index is 516. The van der Waals surface area contributed by atoms with Crippen molar-refractivity contribution in [1.82, 2.24) is 9.97 Å². The highest BCUT2D eigenvalue weighted by Gasteiger charge is 2.02. The first kappa shape index (κ1) is 10.4. The molecule has 2 N–H and O–H groups in total.